The maximum absolute atomic E-state index is 4.79. The quantitative estimate of drug-likeness (QED) is 0.765. The summed E-state index contributed by atoms with van der Waals surface area (Å²) in [7, 11) is 0. The molecule has 1 unspecified atom stereocenters. The standard InChI is InChI=1S/C20H22N4/c1-3-20(2,24-13-12-21-14-24)10-11-22-19-16-8-4-6-15-7-5-9-17(23-19)18(15)16/h4-9,12-14H,3,10-11H2,1-2H3,(H,22,23). The van der Waals surface area contributed by atoms with Gasteiger partial charge in [-0.3, -0.25) is 0 Å². The molecule has 0 aliphatic carbocycles. The van der Waals surface area contributed by atoms with Gasteiger partial charge in [-0.25, -0.2) is 9.98 Å². The lowest BCUT2D eigenvalue weighted by atomic mass is 9.94. The highest BCUT2D eigenvalue weighted by Gasteiger charge is 2.24. The van der Waals surface area contributed by atoms with Gasteiger partial charge in [0, 0.05) is 35.4 Å². The van der Waals surface area contributed by atoms with E-state index in [4.69, 9.17) is 4.99 Å². The molecular formula is C20H22N4. The molecule has 1 aliphatic rings. The molecule has 122 valence electrons. The minimum Gasteiger partial charge on any atom is -0.369 e. The highest BCUT2D eigenvalue weighted by atomic mass is 15.1. The van der Waals surface area contributed by atoms with Crippen LogP contribution in [0.25, 0.3) is 10.8 Å². The van der Waals surface area contributed by atoms with E-state index in [0.717, 1.165) is 30.9 Å². The zero-order chi connectivity index (χ0) is 16.6. The Morgan fingerprint density at radius 1 is 1.17 bits per heavy atom. The second kappa shape index (κ2) is 5.78. The van der Waals surface area contributed by atoms with Crippen molar-refractivity contribution in [2.75, 3.05) is 6.54 Å². The molecule has 0 spiro atoms. The molecule has 4 rings (SSSR count). The van der Waals surface area contributed by atoms with Crippen LogP contribution in [0.3, 0.4) is 0 Å². The summed E-state index contributed by atoms with van der Waals surface area (Å²) in [5.74, 6) is 0.992. The van der Waals surface area contributed by atoms with Gasteiger partial charge in [0.2, 0.25) is 0 Å². The number of nitrogens with one attached hydrogen (secondary N) is 1. The molecule has 1 aliphatic heterocycles. The summed E-state index contributed by atoms with van der Waals surface area (Å²) in [6.07, 6.45) is 7.89. The van der Waals surface area contributed by atoms with Crippen LogP contribution in [0.15, 0.2) is 60.1 Å². The van der Waals surface area contributed by atoms with Gasteiger partial charge in [0.25, 0.3) is 0 Å². The first-order chi connectivity index (χ1) is 11.7. The number of benzene rings is 2. The van der Waals surface area contributed by atoms with E-state index in [0.29, 0.717) is 0 Å². The summed E-state index contributed by atoms with van der Waals surface area (Å²) in [5.41, 5.74) is 2.35. The van der Waals surface area contributed by atoms with Crippen molar-refractivity contribution in [3.8, 4) is 0 Å². The van der Waals surface area contributed by atoms with Crippen LogP contribution >= 0.6 is 0 Å². The number of aliphatic imine (C=N–C) groups is 1. The number of hydrogen-bond donors (Lipinski definition) is 1. The second-order valence-corrected chi connectivity index (χ2v) is 6.64. The topological polar surface area (TPSA) is 42.2 Å². The molecule has 0 radical (unpaired) electrons. The van der Waals surface area contributed by atoms with Gasteiger partial charge in [0.05, 0.1) is 12.0 Å². The largest absolute Gasteiger partial charge is 0.369 e. The number of nitrogens with zero attached hydrogens (tertiary/aromatic N) is 3. The van der Waals surface area contributed by atoms with Crippen LogP contribution in [0.4, 0.5) is 5.69 Å². The fourth-order valence-electron chi connectivity index (χ4n) is 3.44. The van der Waals surface area contributed by atoms with Gasteiger partial charge in [-0.1, -0.05) is 37.3 Å². The third kappa shape index (κ3) is 2.39. The zero-order valence-corrected chi connectivity index (χ0v) is 14.2. The van der Waals surface area contributed by atoms with E-state index in [9.17, 15) is 0 Å². The molecule has 1 N–H and O–H groups in total. The number of aromatic nitrogens is 2. The number of imidazole rings is 1. The summed E-state index contributed by atoms with van der Waals surface area (Å²) in [5, 5.41) is 6.07. The molecule has 0 amide bonds. The first-order valence-electron chi connectivity index (χ1n) is 8.54. The van der Waals surface area contributed by atoms with E-state index < -0.39 is 0 Å². The summed E-state index contributed by atoms with van der Waals surface area (Å²) in [6.45, 7) is 5.39. The minimum absolute atomic E-state index is 0.0710. The van der Waals surface area contributed by atoms with E-state index in [1.54, 1.807) is 0 Å². The molecule has 0 saturated heterocycles. The van der Waals surface area contributed by atoms with Crippen molar-refractivity contribution in [2.24, 2.45) is 4.99 Å². The number of rotatable bonds is 5. The monoisotopic (exact) mass is 318 g/mol. The maximum Gasteiger partial charge on any atom is 0.134 e. The Labute approximate surface area is 142 Å². The maximum atomic E-state index is 4.79. The van der Waals surface area contributed by atoms with E-state index in [1.807, 2.05) is 18.7 Å². The molecule has 0 fully saturated rings. The molecule has 24 heavy (non-hydrogen) atoms. The predicted octanol–water partition coefficient (Wildman–Crippen LogP) is 4.23. The van der Waals surface area contributed by atoms with Crippen molar-refractivity contribution in [1.29, 1.82) is 0 Å². The van der Waals surface area contributed by atoms with Crippen LogP contribution in [-0.2, 0) is 5.54 Å². The molecule has 2 heterocycles. The molecule has 1 aromatic heterocycles. The SMILES string of the molecule is CCC(C)(CCNC1=Nc2cccc3cccc1c23)n1ccnc1. The van der Waals surface area contributed by atoms with Crippen molar-refractivity contribution in [3.05, 3.63) is 60.7 Å². The van der Waals surface area contributed by atoms with Gasteiger partial charge >= 0.3 is 0 Å². The van der Waals surface area contributed by atoms with Crippen molar-refractivity contribution in [3.63, 3.8) is 0 Å². The lowest BCUT2D eigenvalue weighted by molar-refractivity contribution is 0.282. The van der Waals surface area contributed by atoms with Crippen molar-refractivity contribution < 1.29 is 0 Å². The molecule has 4 heteroatoms. The van der Waals surface area contributed by atoms with Gasteiger partial charge in [-0.05, 0) is 31.2 Å². The Morgan fingerprint density at radius 3 is 2.75 bits per heavy atom. The van der Waals surface area contributed by atoms with Crippen molar-refractivity contribution >= 4 is 22.3 Å². The molecule has 0 saturated carbocycles. The van der Waals surface area contributed by atoms with Crippen molar-refractivity contribution in [1.82, 2.24) is 14.9 Å². The zero-order valence-electron chi connectivity index (χ0n) is 14.2. The Kier molecular flexibility index (Phi) is 3.60. The average molecular weight is 318 g/mol. The fraction of sp³-hybridized carbons (Fsp3) is 0.300. The third-order valence-corrected chi connectivity index (χ3v) is 5.22. The molecular weight excluding hydrogens is 296 g/mol. The van der Waals surface area contributed by atoms with Gasteiger partial charge < -0.3 is 9.88 Å². The van der Waals surface area contributed by atoms with Crippen LogP contribution < -0.4 is 5.32 Å². The number of amidine groups is 1. The highest BCUT2D eigenvalue weighted by molar-refractivity contribution is 6.18. The molecule has 3 aromatic rings. The van der Waals surface area contributed by atoms with E-state index >= 15 is 0 Å². The first-order valence-corrected chi connectivity index (χ1v) is 8.54. The molecule has 0 bridgehead atoms. The summed E-state index contributed by atoms with van der Waals surface area (Å²) in [4.78, 5) is 8.98. The van der Waals surface area contributed by atoms with E-state index in [1.165, 1.54) is 16.3 Å². The van der Waals surface area contributed by atoms with Gasteiger partial charge in [0.1, 0.15) is 5.84 Å². The van der Waals surface area contributed by atoms with Crippen LogP contribution in [0.5, 0.6) is 0 Å². The Balaban J connectivity index is 1.51. The minimum atomic E-state index is 0.0710. The summed E-state index contributed by atoms with van der Waals surface area (Å²) < 4.78 is 2.21. The first kappa shape index (κ1) is 14.9. The third-order valence-electron chi connectivity index (χ3n) is 5.22. The highest BCUT2D eigenvalue weighted by Crippen LogP contribution is 2.34. The number of hydrogen-bond acceptors (Lipinski definition) is 3. The Morgan fingerprint density at radius 2 is 2.00 bits per heavy atom. The summed E-state index contributed by atoms with van der Waals surface area (Å²) in [6, 6.07) is 12.7. The fourth-order valence-corrected chi connectivity index (χ4v) is 3.44. The van der Waals surface area contributed by atoms with Crippen molar-refractivity contribution in [2.45, 2.75) is 32.2 Å². The van der Waals surface area contributed by atoms with Crippen LogP contribution in [0.2, 0.25) is 0 Å². The Hall–Kier alpha value is -2.62. The molecule has 2 aromatic carbocycles. The average Bonchev–Trinajstić information content (AvgIpc) is 3.26. The predicted molar refractivity (Wildman–Crippen MR) is 98.9 cm³/mol. The lowest BCUT2D eigenvalue weighted by Crippen LogP contribution is -2.34. The van der Waals surface area contributed by atoms with Crippen LogP contribution in [0, 0.1) is 0 Å². The van der Waals surface area contributed by atoms with E-state index in [-0.39, 0.29) is 5.54 Å². The van der Waals surface area contributed by atoms with Gasteiger partial charge in [0.15, 0.2) is 0 Å². The molecule has 4 nitrogen and oxygen atoms in total. The second-order valence-electron chi connectivity index (χ2n) is 6.64. The van der Waals surface area contributed by atoms with Gasteiger partial charge in [-0.15, -0.1) is 0 Å². The Bertz CT molecular complexity index is 890. The normalized spacial score (nSPS) is 15.3. The van der Waals surface area contributed by atoms with E-state index in [2.05, 4.69) is 65.1 Å². The van der Waals surface area contributed by atoms with Crippen LogP contribution in [0.1, 0.15) is 32.3 Å². The van der Waals surface area contributed by atoms with Gasteiger partial charge in [-0.2, -0.15) is 0 Å². The lowest BCUT2D eigenvalue weighted by Gasteiger charge is -2.30. The summed E-state index contributed by atoms with van der Waals surface area (Å²) >= 11 is 0. The molecule has 1 atom stereocenters. The van der Waals surface area contributed by atoms with Crippen LogP contribution in [-0.4, -0.2) is 21.9 Å². The smallest absolute Gasteiger partial charge is 0.134 e.